The molecule has 0 fully saturated rings. The number of non-ortho nitro benzene ring substituents is 1. The first-order chi connectivity index (χ1) is 8.60. The Morgan fingerprint density at radius 2 is 2.39 bits per heavy atom. The summed E-state index contributed by atoms with van der Waals surface area (Å²) in [5.74, 6) is 0.513. The zero-order chi connectivity index (χ0) is 13.5. The van der Waals surface area contributed by atoms with Crippen molar-refractivity contribution in [3.63, 3.8) is 0 Å². The maximum Gasteiger partial charge on any atom is 0.270 e. The van der Waals surface area contributed by atoms with Crippen LogP contribution < -0.4 is 5.73 Å². The van der Waals surface area contributed by atoms with Gasteiger partial charge in [-0.25, -0.2) is 0 Å². The van der Waals surface area contributed by atoms with Gasteiger partial charge in [0.15, 0.2) is 5.84 Å². The van der Waals surface area contributed by atoms with E-state index in [0.717, 1.165) is 0 Å². The Bertz CT molecular complexity index is 464. The summed E-state index contributed by atoms with van der Waals surface area (Å²) in [4.78, 5) is 10.8. The molecule has 1 rings (SSSR count). The maximum atomic E-state index is 10.7. The van der Waals surface area contributed by atoms with Crippen molar-refractivity contribution in [1.29, 1.82) is 0 Å². The van der Waals surface area contributed by atoms with Crippen LogP contribution in [0.5, 0.6) is 0 Å². The van der Waals surface area contributed by atoms with Gasteiger partial charge in [0.1, 0.15) is 0 Å². The third kappa shape index (κ3) is 3.60. The SMILES string of the molecule is COCCSc1ccc([N+](=O)[O-])cc1C(N)=NO. The lowest BCUT2D eigenvalue weighted by Gasteiger charge is -2.07. The van der Waals surface area contributed by atoms with Crippen LogP contribution in [0.3, 0.4) is 0 Å². The van der Waals surface area contributed by atoms with Crippen LogP contribution in [0.4, 0.5) is 5.69 Å². The number of amidine groups is 1. The van der Waals surface area contributed by atoms with Crippen molar-refractivity contribution in [2.75, 3.05) is 19.5 Å². The smallest absolute Gasteiger partial charge is 0.270 e. The van der Waals surface area contributed by atoms with E-state index in [1.54, 1.807) is 13.2 Å². The van der Waals surface area contributed by atoms with Crippen molar-refractivity contribution in [2.24, 2.45) is 10.9 Å². The number of nitrogens with two attached hydrogens (primary N) is 1. The molecule has 0 heterocycles. The quantitative estimate of drug-likeness (QED) is 0.154. The first-order valence-electron chi connectivity index (χ1n) is 4.98. The monoisotopic (exact) mass is 271 g/mol. The van der Waals surface area contributed by atoms with Crippen molar-refractivity contribution in [1.82, 2.24) is 0 Å². The zero-order valence-corrected chi connectivity index (χ0v) is 10.5. The van der Waals surface area contributed by atoms with Gasteiger partial charge in [-0.05, 0) is 6.07 Å². The third-order valence-electron chi connectivity index (χ3n) is 2.10. The van der Waals surface area contributed by atoms with Gasteiger partial charge in [0.2, 0.25) is 0 Å². The molecule has 8 heteroatoms. The van der Waals surface area contributed by atoms with E-state index in [0.29, 0.717) is 22.8 Å². The van der Waals surface area contributed by atoms with E-state index in [9.17, 15) is 10.1 Å². The highest BCUT2D eigenvalue weighted by Gasteiger charge is 2.14. The number of rotatable bonds is 6. The average molecular weight is 271 g/mol. The lowest BCUT2D eigenvalue weighted by molar-refractivity contribution is -0.384. The molecule has 0 aliphatic carbocycles. The van der Waals surface area contributed by atoms with Crippen molar-refractivity contribution >= 4 is 23.3 Å². The predicted octanol–water partition coefficient (Wildman–Crippen LogP) is 1.43. The summed E-state index contributed by atoms with van der Waals surface area (Å²) < 4.78 is 4.91. The minimum absolute atomic E-state index is 0.104. The topological polar surface area (TPSA) is 111 Å². The number of nitrogens with zero attached hydrogens (tertiary/aromatic N) is 2. The number of nitro benzene ring substituents is 1. The third-order valence-corrected chi connectivity index (χ3v) is 3.14. The Hall–Kier alpha value is -1.80. The first kappa shape index (κ1) is 14.3. The number of ether oxygens (including phenoxy) is 1. The second-order valence-corrected chi connectivity index (χ2v) is 4.40. The van der Waals surface area contributed by atoms with Gasteiger partial charge < -0.3 is 15.7 Å². The molecule has 0 spiro atoms. The van der Waals surface area contributed by atoms with Gasteiger partial charge in [-0.3, -0.25) is 10.1 Å². The molecule has 1 aromatic rings. The van der Waals surface area contributed by atoms with Gasteiger partial charge in [-0.2, -0.15) is 0 Å². The molecule has 1 aromatic carbocycles. The predicted molar refractivity (Wildman–Crippen MR) is 68.2 cm³/mol. The van der Waals surface area contributed by atoms with Gasteiger partial charge in [0.05, 0.1) is 11.5 Å². The summed E-state index contributed by atoms with van der Waals surface area (Å²) in [6.07, 6.45) is 0. The van der Waals surface area contributed by atoms with Gasteiger partial charge in [0.25, 0.3) is 5.69 Å². The fraction of sp³-hybridized carbons (Fsp3) is 0.300. The van der Waals surface area contributed by atoms with Crippen LogP contribution in [0.25, 0.3) is 0 Å². The lowest BCUT2D eigenvalue weighted by Crippen LogP contribution is -2.14. The second-order valence-electron chi connectivity index (χ2n) is 3.26. The molecular weight excluding hydrogens is 258 g/mol. The van der Waals surface area contributed by atoms with Crippen LogP contribution in [-0.2, 0) is 4.74 Å². The van der Waals surface area contributed by atoms with E-state index >= 15 is 0 Å². The van der Waals surface area contributed by atoms with E-state index in [1.165, 1.54) is 23.9 Å². The highest BCUT2D eigenvalue weighted by atomic mass is 32.2. The Morgan fingerprint density at radius 1 is 1.67 bits per heavy atom. The van der Waals surface area contributed by atoms with Crippen molar-refractivity contribution in [2.45, 2.75) is 4.90 Å². The number of benzene rings is 1. The largest absolute Gasteiger partial charge is 0.409 e. The molecule has 3 N–H and O–H groups in total. The average Bonchev–Trinajstić information content (AvgIpc) is 2.38. The maximum absolute atomic E-state index is 10.7. The van der Waals surface area contributed by atoms with Gasteiger partial charge in [0, 0.05) is 35.5 Å². The van der Waals surface area contributed by atoms with Crippen LogP contribution in [0.15, 0.2) is 28.3 Å². The van der Waals surface area contributed by atoms with E-state index in [4.69, 9.17) is 15.7 Å². The molecule has 0 aliphatic rings. The van der Waals surface area contributed by atoms with E-state index in [1.807, 2.05) is 0 Å². The Kier molecular flexibility index (Phi) is 5.40. The lowest BCUT2D eigenvalue weighted by atomic mass is 10.2. The first-order valence-corrected chi connectivity index (χ1v) is 5.96. The van der Waals surface area contributed by atoms with Crippen LogP contribution in [0, 0.1) is 10.1 Å². The van der Waals surface area contributed by atoms with Crippen LogP contribution in [-0.4, -0.2) is 35.4 Å². The summed E-state index contributed by atoms with van der Waals surface area (Å²) >= 11 is 1.42. The number of hydrogen-bond donors (Lipinski definition) is 2. The molecule has 98 valence electrons. The number of methoxy groups -OCH3 is 1. The molecule has 0 aromatic heterocycles. The minimum atomic E-state index is -0.530. The molecule has 18 heavy (non-hydrogen) atoms. The molecule has 0 atom stereocenters. The van der Waals surface area contributed by atoms with Gasteiger partial charge in [-0.15, -0.1) is 11.8 Å². The number of thioether (sulfide) groups is 1. The highest BCUT2D eigenvalue weighted by molar-refractivity contribution is 7.99. The van der Waals surface area contributed by atoms with Gasteiger partial charge >= 0.3 is 0 Å². The normalized spacial score (nSPS) is 11.5. The van der Waals surface area contributed by atoms with Crippen molar-refractivity contribution in [3.05, 3.63) is 33.9 Å². The fourth-order valence-electron chi connectivity index (χ4n) is 1.25. The minimum Gasteiger partial charge on any atom is -0.409 e. The zero-order valence-electron chi connectivity index (χ0n) is 9.70. The number of oxime groups is 1. The Balaban J connectivity index is 3.05. The molecular formula is C10H13N3O4S. The molecule has 0 amide bonds. The Morgan fingerprint density at radius 3 is 2.94 bits per heavy atom. The van der Waals surface area contributed by atoms with E-state index in [-0.39, 0.29) is 11.5 Å². The van der Waals surface area contributed by atoms with E-state index in [2.05, 4.69) is 5.16 Å². The van der Waals surface area contributed by atoms with Crippen LogP contribution in [0.2, 0.25) is 0 Å². The van der Waals surface area contributed by atoms with Crippen molar-refractivity contribution in [3.8, 4) is 0 Å². The summed E-state index contributed by atoms with van der Waals surface area (Å²) in [5, 5.41) is 22.2. The summed E-state index contributed by atoms with van der Waals surface area (Å²) in [7, 11) is 1.58. The molecule has 0 aliphatic heterocycles. The summed E-state index contributed by atoms with van der Waals surface area (Å²) in [6.45, 7) is 0.539. The van der Waals surface area contributed by atoms with E-state index < -0.39 is 4.92 Å². The second kappa shape index (κ2) is 6.82. The standard InChI is InChI=1S/C10H13N3O4S/c1-17-4-5-18-9-3-2-7(13(15)16)6-8(9)10(11)12-14/h2-3,6,14H,4-5H2,1H3,(H2,11,12). The molecule has 0 saturated carbocycles. The number of nitro groups is 1. The Labute approximate surface area is 108 Å². The summed E-state index contributed by atoms with van der Waals surface area (Å²) in [5.41, 5.74) is 5.74. The molecule has 7 nitrogen and oxygen atoms in total. The molecule has 0 bridgehead atoms. The van der Waals surface area contributed by atoms with Crippen LogP contribution >= 0.6 is 11.8 Å². The number of hydrogen-bond acceptors (Lipinski definition) is 6. The van der Waals surface area contributed by atoms with Gasteiger partial charge in [-0.1, -0.05) is 5.16 Å². The molecule has 0 unspecified atom stereocenters. The molecule has 0 saturated heterocycles. The molecule has 0 radical (unpaired) electrons. The van der Waals surface area contributed by atoms with Crippen LogP contribution in [0.1, 0.15) is 5.56 Å². The highest BCUT2D eigenvalue weighted by Crippen LogP contribution is 2.26. The summed E-state index contributed by atoms with van der Waals surface area (Å²) in [6, 6.07) is 4.24. The fourth-order valence-corrected chi connectivity index (χ4v) is 2.20. The van der Waals surface area contributed by atoms with Crippen molar-refractivity contribution < 1.29 is 14.9 Å².